The number of rotatable bonds is 5. The molecule has 0 radical (unpaired) electrons. The van der Waals surface area contributed by atoms with Gasteiger partial charge in [-0.1, -0.05) is 50.3 Å². The highest BCUT2D eigenvalue weighted by Crippen LogP contribution is 2.24. The van der Waals surface area contributed by atoms with Crippen molar-refractivity contribution in [2.24, 2.45) is 0 Å². The molecule has 7 nitrogen and oxygen atoms in total. The van der Waals surface area contributed by atoms with Crippen LogP contribution >= 0.6 is 0 Å². The topological polar surface area (TPSA) is 83.3 Å². The Bertz CT molecular complexity index is 1000. The number of hydrogen-bond donors (Lipinski definition) is 0. The van der Waals surface area contributed by atoms with Crippen molar-refractivity contribution in [1.82, 2.24) is 15.0 Å². The summed E-state index contributed by atoms with van der Waals surface area (Å²) in [5.74, 6) is -0.0284. The van der Waals surface area contributed by atoms with Crippen molar-refractivity contribution in [3.63, 3.8) is 0 Å². The Morgan fingerprint density at radius 2 is 1.78 bits per heavy atom. The highest BCUT2D eigenvalue weighted by atomic mass is 16.6. The predicted octanol–water partition coefficient (Wildman–Crippen LogP) is 2.67. The second-order valence-corrected chi connectivity index (χ2v) is 7.12. The van der Waals surface area contributed by atoms with Gasteiger partial charge < -0.3 is 9.47 Å². The van der Waals surface area contributed by atoms with E-state index in [1.165, 1.54) is 5.56 Å². The fraction of sp³-hybridized carbons (Fsp3) is 0.300. The van der Waals surface area contributed by atoms with Crippen molar-refractivity contribution in [3.05, 3.63) is 64.4 Å². The molecular weight excluding hydrogens is 346 g/mol. The van der Waals surface area contributed by atoms with Gasteiger partial charge in [-0.15, -0.1) is 5.10 Å². The van der Waals surface area contributed by atoms with E-state index in [1.807, 2.05) is 24.3 Å². The van der Waals surface area contributed by atoms with Gasteiger partial charge in [-0.25, -0.2) is 4.79 Å². The maximum Gasteiger partial charge on any atom is 0.345 e. The normalized spacial score (nSPS) is 11.4. The van der Waals surface area contributed by atoms with Crippen molar-refractivity contribution < 1.29 is 14.3 Å². The van der Waals surface area contributed by atoms with Crippen LogP contribution in [0.3, 0.4) is 0 Å². The molecule has 3 rings (SSSR count). The Hall–Kier alpha value is -3.22. The molecule has 7 heteroatoms. The molecule has 0 aliphatic heterocycles. The first-order valence-corrected chi connectivity index (χ1v) is 8.56. The van der Waals surface area contributed by atoms with Crippen LogP contribution in [0.4, 0.5) is 0 Å². The number of nitrogens with zero attached hydrogens (tertiary/aromatic N) is 3. The van der Waals surface area contributed by atoms with E-state index in [9.17, 15) is 9.59 Å². The van der Waals surface area contributed by atoms with Crippen LogP contribution in [0.2, 0.25) is 0 Å². The van der Waals surface area contributed by atoms with Crippen LogP contribution in [-0.2, 0) is 21.7 Å². The molecule has 1 aromatic heterocycles. The summed E-state index contributed by atoms with van der Waals surface area (Å²) in [6.45, 7) is 5.79. The molecular formula is C20H21N3O4. The average Bonchev–Trinajstić information content (AvgIpc) is 2.65. The van der Waals surface area contributed by atoms with Crippen molar-refractivity contribution in [3.8, 4) is 5.75 Å². The molecule has 0 atom stereocenters. The summed E-state index contributed by atoms with van der Waals surface area (Å²) in [6.07, 6.45) is 0. The molecule has 0 aliphatic rings. The second-order valence-electron chi connectivity index (χ2n) is 7.12. The third kappa shape index (κ3) is 4.49. The van der Waals surface area contributed by atoms with Crippen LogP contribution < -0.4 is 10.3 Å². The van der Waals surface area contributed by atoms with Crippen molar-refractivity contribution in [2.45, 2.75) is 32.9 Å². The number of carbonyl (C=O) groups excluding carboxylic acids is 1. The molecule has 0 bridgehead atoms. The molecule has 0 spiro atoms. The highest BCUT2D eigenvalue weighted by Gasteiger charge is 2.13. The summed E-state index contributed by atoms with van der Waals surface area (Å²) in [5.41, 5.74) is 1.34. The largest absolute Gasteiger partial charge is 0.482 e. The van der Waals surface area contributed by atoms with Gasteiger partial charge >= 0.3 is 5.97 Å². The maximum absolute atomic E-state index is 12.3. The van der Waals surface area contributed by atoms with E-state index < -0.39 is 5.97 Å². The molecule has 0 amide bonds. The first-order valence-electron chi connectivity index (χ1n) is 8.56. The maximum atomic E-state index is 12.3. The molecule has 0 saturated heterocycles. The van der Waals surface area contributed by atoms with E-state index in [-0.39, 0.29) is 24.3 Å². The zero-order chi connectivity index (χ0) is 19.4. The third-order valence-electron chi connectivity index (χ3n) is 4.05. The van der Waals surface area contributed by atoms with Gasteiger partial charge in [0, 0.05) is 0 Å². The number of esters is 1. The summed E-state index contributed by atoms with van der Waals surface area (Å²) in [6, 6.07) is 14.4. The standard InChI is InChI=1S/C20H21N3O4/c1-20(2,3)14-8-10-15(11-9-14)26-12-18(24)27-13-23-19(25)16-6-4-5-7-17(16)21-22-23/h4-11H,12-13H2,1-3H3. The minimum atomic E-state index is -0.600. The molecule has 2 aromatic carbocycles. The Kier molecular flexibility index (Phi) is 5.21. The number of fused-ring (bicyclic) bond motifs is 1. The van der Waals surface area contributed by atoms with Gasteiger partial charge in [0.2, 0.25) is 0 Å². The van der Waals surface area contributed by atoms with Gasteiger partial charge in [0.05, 0.1) is 5.39 Å². The lowest BCUT2D eigenvalue weighted by atomic mass is 9.87. The number of hydrogen-bond acceptors (Lipinski definition) is 6. The fourth-order valence-corrected chi connectivity index (χ4v) is 2.48. The quantitative estimate of drug-likeness (QED) is 0.645. The van der Waals surface area contributed by atoms with Crippen LogP contribution in [0.15, 0.2) is 53.3 Å². The summed E-state index contributed by atoms with van der Waals surface area (Å²) < 4.78 is 11.5. The van der Waals surface area contributed by atoms with E-state index in [2.05, 4.69) is 31.1 Å². The Labute approximate surface area is 156 Å². The van der Waals surface area contributed by atoms with Gasteiger partial charge in [-0.3, -0.25) is 4.79 Å². The molecule has 0 fully saturated rings. The van der Waals surface area contributed by atoms with Crippen LogP contribution in [0.1, 0.15) is 26.3 Å². The molecule has 0 unspecified atom stereocenters. The van der Waals surface area contributed by atoms with Gasteiger partial charge in [0.15, 0.2) is 13.3 Å². The average molecular weight is 367 g/mol. The first-order chi connectivity index (χ1) is 12.8. The summed E-state index contributed by atoms with van der Waals surface area (Å²) in [7, 11) is 0. The SMILES string of the molecule is CC(C)(C)c1ccc(OCC(=O)OCn2nnc3ccccc3c2=O)cc1. The van der Waals surface area contributed by atoms with Gasteiger partial charge in [-0.05, 0) is 35.2 Å². The molecule has 140 valence electrons. The predicted molar refractivity (Wildman–Crippen MR) is 101 cm³/mol. The Balaban J connectivity index is 1.56. The lowest BCUT2D eigenvalue weighted by Crippen LogP contribution is -2.27. The van der Waals surface area contributed by atoms with Crippen LogP contribution in [0.5, 0.6) is 5.75 Å². The summed E-state index contributed by atoms with van der Waals surface area (Å²) in [4.78, 5) is 24.2. The lowest BCUT2D eigenvalue weighted by molar-refractivity contribution is -0.150. The van der Waals surface area contributed by atoms with Crippen LogP contribution in [0.25, 0.3) is 10.9 Å². The van der Waals surface area contributed by atoms with Crippen molar-refractivity contribution in [2.75, 3.05) is 6.61 Å². The van der Waals surface area contributed by atoms with Gasteiger partial charge in [0.1, 0.15) is 11.3 Å². The zero-order valence-corrected chi connectivity index (χ0v) is 15.5. The Morgan fingerprint density at radius 1 is 1.07 bits per heavy atom. The molecule has 0 saturated carbocycles. The van der Waals surface area contributed by atoms with Crippen molar-refractivity contribution in [1.29, 1.82) is 0 Å². The number of aromatic nitrogens is 3. The van der Waals surface area contributed by atoms with E-state index in [0.29, 0.717) is 16.7 Å². The second kappa shape index (κ2) is 7.57. The Morgan fingerprint density at radius 3 is 2.48 bits per heavy atom. The molecule has 0 N–H and O–H groups in total. The van der Waals surface area contributed by atoms with Crippen molar-refractivity contribution >= 4 is 16.9 Å². The smallest absolute Gasteiger partial charge is 0.345 e. The van der Waals surface area contributed by atoms with Crippen LogP contribution in [-0.4, -0.2) is 27.6 Å². The first kappa shape index (κ1) is 18.6. The lowest BCUT2D eigenvalue weighted by Gasteiger charge is -2.19. The number of ether oxygens (including phenoxy) is 2. The van der Waals surface area contributed by atoms with Gasteiger partial charge in [0.25, 0.3) is 5.56 Å². The summed E-state index contributed by atoms with van der Waals surface area (Å²) >= 11 is 0. The summed E-state index contributed by atoms with van der Waals surface area (Å²) in [5, 5.41) is 8.11. The third-order valence-corrected chi connectivity index (χ3v) is 4.05. The van der Waals surface area contributed by atoms with E-state index in [1.54, 1.807) is 24.3 Å². The van der Waals surface area contributed by atoms with Crippen LogP contribution in [0, 0.1) is 0 Å². The van der Waals surface area contributed by atoms with E-state index in [4.69, 9.17) is 9.47 Å². The molecule has 27 heavy (non-hydrogen) atoms. The zero-order valence-electron chi connectivity index (χ0n) is 15.5. The monoisotopic (exact) mass is 367 g/mol. The molecule has 3 aromatic rings. The number of carbonyl (C=O) groups is 1. The molecule has 1 heterocycles. The minimum absolute atomic E-state index is 0.0472. The van der Waals surface area contributed by atoms with Gasteiger partial charge in [-0.2, -0.15) is 4.68 Å². The molecule has 0 aliphatic carbocycles. The van der Waals surface area contributed by atoms with E-state index in [0.717, 1.165) is 4.68 Å². The van der Waals surface area contributed by atoms with E-state index >= 15 is 0 Å². The number of benzene rings is 2. The fourth-order valence-electron chi connectivity index (χ4n) is 2.48. The highest BCUT2D eigenvalue weighted by molar-refractivity contribution is 5.76. The minimum Gasteiger partial charge on any atom is -0.482 e.